The minimum atomic E-state index is -0.361. The van der Waals surface area contributed by atoms with Crippen molar-refractivity contribution in [1.29, 1.82) is 0 Å². The van der Waals surface area contributed by atoms with Crippen molar-refractivity contribution in [3.8, 4) is 28.3 Å². The highest BCUT2D eigenvalue weighted by atomic mass is 19.1. The molecule has 0 N–H and O–H groups in total. The van der Waals surface area contributed by atoms with E-state index in [0.29, 0.717) is 17.0 Å². The lowest BCUT2D eigenvalue weighted by molar-refractivity contribution is 0.197. The minimum Gasteiger partial charge on any atom is -0.488 e. The fourth-order valence-corrected chi connectivity index (χ4v) is 4.66. The predicted molar refractivity (Wildman–Crippen MR) is 153 cm³/mol. The van der Waals surface area contributed by atoms with Crippen LogP contribution in [-0.2, 0) is 6.42 Å². The van der Waals surface area contributed by atoms with Crippen molar-refractivity contribution >= 4 is 0 Å². The molecule has 0 amide bonds. The number of halogens is 1. The Balaban J connectivity index is 1.50. The van der Waals surface area contributed by atoms with Crippen molar-refractivity contribution in [1.82, 2.24) is 10.2 Å². The molecule has 0 unspecified atom stereocenters. The smallest absolute Gasteiger partial charge is 0.165 e. The first-order valence-electron chi connectivity index (χ1n) is 14.5. The number of rotatable bonds is 17. The van der Waals surface area contributed by atoms with E-state index in [1.54, 1.807) is 6.07 Å². The fourth-order valence-electron chi connectivity index (χ4n) is 4.66. The van der Waals surface area contributed by atoms with Crippen molar-refractivity contribution in [2.45, 2.75) is 110 Å². The molecule has 1 aromatic heterocycles. The Kier molecular flexibility index (Phi) is 12.6. The Morgan fingerprint density at radius 3 is 1.86 bits per heavy atom. The van der Waals surface area contributed by atoms with Gasteiger partial charge in [0.1, 0.15) is 0 Å². The second kappa shape index (κ2) is 16.2. The average molecular weight is 505 g/mol. The van der Waals surface area contributed by atoms with Crippen molar-refractivity contribution in [2.24, 2.45) is 0 Å². The lowest BCUT2D eigenvalue weighted by Crippen LogP contribution is -2.12. The van der Waals surface area contributed by atoms with E-state index in [9.17, 15) is 4.39 Å². The van der Waals surface area contributed by atoms with Crippen molar-refractivity contribution in [3.05, 3.63) is 66.0 Å². The van der Waals surface area contributed by atoms with Crippen molar-refractivity contribution in [3.63, 3.8) is 0 Å². The van der Waals surface area contributed by atoms with Crippen LogP contribution in [0.15, 0.2) is 54.6 Å². The summed E-state index contributed by atoms with van der Waals surface area (Å²) in [4.78, 5) is 0. The molecule has 37 heavy (non-hydrogen) atoms. The van der Waals surface area contributed by atoms with Gasteiger partial charge in [-0.2, -0.15) is 0 Å². The van der Waals surface area contributed by atoms with Crippen molar-refractivity contribution < 1.29 is 9.13 Å². The first kappa shape index (κ1) is 28.8. The molecule has 0 spiro atoms. The Morgan fingerprint density at radius 1 is 0.676 bits per heavy atom. The summed E-state index contributed by atoms with van der Waals surface area (Å²) >= 11 is 0. The molecule has 0 fully saturated rings. The standard InChI is InChI=1S/C33H45FN2O/c1-4-6-8-10-11-12-14-16-27-17-19-28(20-18-27)31-22-23-32(36-35-31)29-21-24-33(30(34)25-29)37-26(3)15-13-9-7-5-2/h17-26H,4-16H2,1-3H3/t26-/m0/s1. The molecule has 0 aliphatic heterocycles. The number of ether oxygens (including phenoxy) is 1. The Labute approximate surface area is 223 Å². The molecular weight excluding hydrogens is 459 g/mol. The van der Waals surface area contributed by atoms with E-state index in [-0.39, 0.29) is 11.9 Å². The molecule has 1 atom stereocenters. The molecule has 3 aromatic rings. The summed E-state index contributed by atoms with van der Waals surface area (Å²) in [7, 11) is 0. The lowest BCUT2D eigenvalue weighted by atomic mass is 10.0. The van der Waals surface area contributed by atoms with E-state index in [1.165, 1.54) is 75.8 Å². The van der Waals surface area contributed by atoms with Gasteiger partial charge in [0.25, 0.3) is 0 Å². The molecule has 0 radical (unpaired) electrons. The molecule has 2 aromatic carbocycles. The maximum atomic E-state index is 14.7. The predicted octanol–water partition coefficient (Wildman–Crippen LogP) is 9.98. The van der Waals surface area contributed by atoms with Crippen LogP contribution in [0.5, 0.6) is 5.75 Å². The van der Waals surface area contributed by atoms with Gasteiger partial charge in [0.15, 0.2) is 11.6 Å². The van der Waals surface area contributed by atoms with E-state index in [4.69, 9.17) is 4.74 Å². The van der Waals surface area contributed by atoms with Gasteiger partial charge in [-0.3, -0.25) is 0 Å². The molecule has 3 nitrogen and oxygen atoms in total. The van der Waals surface area contributed by atoms with Gasteiger partial charge in [-0.1, -0.05) is 95.9 Å². The summed E-state index contributed by atoms with van der Waals surface area (Å²) in [6.07, 6.45) is 16.1. The van der Waals surface area contributed by atoms with E-state index < -0.39 is 0 Å². The maximum absolute atomic E-state index is 14.7. The molecule has 3 rings (SSSR count). The third-order valence-corrected chi connectivity index (χ3v) is 7.00. The SMILES string of the molecule is CCCCCCCCCc1ccc(-c2ccc(-c3ccc(O[C@@H](C)CCCCCC)c(F)c3)nn2)cc1. The van der Waals surface area contributed by atoms with Gasteiger partial charge in [-0.25, -0.2) is 4.39 Å². The van der Waals surface area contributed by atoms with Crippen LogP contribution in [0.2, 0.25) is 0 Å². The highest BCUT2D eigenvalue weighted by molar-refractivity contribution is 5.64. The summed E-state index contributed by atoms with van der Waals surface area (Å²) in [6.45, 7) is 6.46. The highest BCUT2D eigenvalue weighted by Gasteiger charge is 2.11. The second-order valence-corrected chi connectivity index (χ2v) is 10.3. The molecule has 4 heteroatoms. The van der Waals surface area contributed by atoms with Gasteiger partial charge in [0.2, 0.25) is 0 Å². The Hall–Kier alpha value is -2.75. The summed E-state index contributed by atoms with van der Waals surface area (Å²) < 4.78 is 20.6. The van der Waals surface area contributed by atoms with Gasteiger partial charge < -0.3 is 4.74 Å². The van der Waals surface area contributed by atoms with Crippen LogP contribution < -0.4 is 4.74 Å². The average Bonchev–Trinajstić information content (AvgIpc) is 2.92. The zero-order valence-electron chi connectivity index (χ0n) is 23.1. The number of nitrogens with zero attached hydrogens (tertiary/aromatic N) is 2. The summed E-state index contributed by atoms with van der Waals surface area (Å²) in [6, 6.07) is 17.5. The molecule has 0 saturated heterocycles. The number of benzene rings is 2. The number of hydrogen-bond acceptors (Lipinski definition) is 3. The van der Waals surface area contributed by atoms with Gasteiger partial charge in [-0.15, -0.1) is 10.2 Å². The normalized spacial score (nSPS) is 12.0. The molecule has 1 heterocycles. The minimum absolute atomic E-state index is 0.00165. The van der Waals surface area contributed by atoms with Crippen LogP contribution in [0.3, 0.4) is 0 Å². The van der Waals surface area contributed by atoms with Crippen molar-refractivity contribution in [2.75, 3.05) is 0 Å². The zero-order chi connectivity index (χ0) is 26.3. The second-order valence-electron chi connectivity index (χ2n) is 10.3. The summed E-state index contributed by atoms with van der Waals surface area (Å²) in [5.74, 6) is -0.0618. The first-order chi connectivity index (χ1) is 18.1. The van der Waals surface area contributed by atoms with E-state index in [0.717, 1.165) is 30.5 Å². The molecule has 200 valence electrons. The van der Waals surface area contributed by atoms with Crippen LogP contribution in [0, 0.1) is 5.82 Å². The molecular formula is C33H45FN2O. The summed E-state index contributed by atoms with van der Waals surface area (Å²) in [5.41, 5.74) is 4.59. The monoisotopic (exact) mass is 504 g/mol. The topological polar surface area (TPSA) is 35.0 Å². The molecule has 0 aliphatic carbocycles. The van der Waals surface area contributed by atoms with Crippen LogP contribution in [-0.4, -0.2) is 16.3 Å². The quantitative estimate of drug-likeness (QED) is 0.172. The number of aromatic nitrogens is 2. The summed E-state index contributed by atoms with van der Waals surface area (Å²) in [5, 5.41) is 8.78. The lowest BCUT2D eigenvalue weighted by Gasteiger charge is -2.15. The largest absolute Gasteiger partial charge is 0.488 e. The third-order valence-electron chi connectivity index (χ3n) is 7.00. The third kappa shape index (κ3) is 9.91. The highest BCUT2D eigenvalue weighted by Crippen LogP contribution is 2.27. The molecule has 0 bridgehead atoms. The van der Waals surface area contributed by atoms with E-state index in [1.807, 2.05) is 25.1 Å². The molecule has 0 saturated carbocycles. The van der Waals surface area contributed by atoms with Gasteiger partial charge in [0, 0.05) is 11.1 Å². The molecule has 0 aliphatic rings. The van der Waals surface area contributed by atoms with Gasteiger partial charge in [-0.05, 0) is 68.5 Å². The number of aryl methyl sites for hydroxylation is 1. The van der Waals surface area contributed by atoms with E-state index in [2.05, 4.69) is 48.3 Å². The Bertz CT molecular complexity index is 1030. The Morgan fingerprint density at radius 2 is 1.24 bits per heavy atom. The van der Waals surface area contributed by atoms with Gasteiger partial charge >= 0.3 is 0 Å². The zero-order valence-corrected chi connectivity index (χ0v) is 23.1. The van der Waals surface area contributed by atoms with E-state index >= 15 is 0 Å². The maximum Gasteiger partial charge on any atom is 0.165 e. The van der Waals surface area contributed by atoms with Crippen LogP contribution in [0.4, 0.5) is 4.39 Å². The number of unbranched alkanes of at least 4 members (excludes halogenated alkanes) is 9. The van der Waals surface area contributed by atoms with Crippen LogP contribution in [0.1, 0.15) is 103 Å². The fraction of sp³-hybridized carbons (Fsp3) is 0.515. The number of hydrogen-bond donors (Lipinski definition) is 0. The van der Waals surface area contributed by atoms with Crippen LogP contribution >= 0.6 is 0 Å². The van der Waals surface area contributed by atoms with Crippen LogP contribution in [0.25, 0.3) is 22.5 Å². The van der Waals surface area contributed by atoms with Gasteiger partial charge in [0.05, 0.1) is 17.5 Å². The first-order valence-corrected chi connectivity index (χ1v) is 14.5.